The molecule has 0 bridgehead atoms. The molecule has 1 aliphatic carbocycles. The summed E-state index contributed by atoms with van der Waals surface area (Å²) in [5.41, 5.74) is 2.17. The van der Waals surface area contributed by atoms with Gasteiger partial charge in [-0.1, -0.05) is 34.1 Å². The second-order valence-electron chi connectivity index (χ2n) is 4.18. The topological polar surface area (TPSA) is 37.8 Å². The Bertz CT molecular complexity index is 538. The van der Waals surface area contributed by atoms with E-state index in [-0.39, 0.29) is 0 Å². The fourth-order valence-electron chi connectivity index (χ4n) is 1.74. The number of halogens is 1. The minimum absolute atomic E-state index is 0.589. The fraction of sp³-hybridized carbons (Fsp3) is 0.231. The van der Waals surface area contributed by atoms with E-state index in [1.165, 1.54) is 12.8 Å². The lowest BCUT2D eigenvalue weighted by Gasteiger charge is -2.10. The van der Waals surface area contributed by atoms with Gasteiger partial charge in [0.05, 0.1) is 0 Å². The Labute approximate surface area is 108 Å². The highest BCUT2D eigenvalue weighted by molar-refractivity contribution is 9.10. The number of rotatable bonds is 3. The van der Waals surface area contributed by atoms with Crippen LogP contribution in [0.2, 0.25) is 0 Å². The average Bonchev–Trinajstić information content (AvgIpc) is 3.15. The first-order valence-corrected chi connectivity index (χ1v) is 6.45. The zero-order valence-electron chi connectivity index (χ0n) is 9.23. The van der Waals surface area contributed by atoms with Gasteiger partial charge >= 0.3 is 0 Å². The van der Waals surface area contributed by atoms with Crippen molar-refractivity contribution in [2.24, 2.45) is 0 Å². The molecule has 2 aromatic rings. The molecule has 0 atom stereocenters. The van der Waals surface area contributed by atoms with Crippen LogP contribution >= 0.6 is 15.9 Å². The van der Waals surface area contributed by atoms with E-state index in [1.807, 2.05) is 24.4 Å². The van der Waals surface area contributed by atoms with Crippen LogP contribution in [0.1, 0.15) is 12.8 Å². The van der Waals surface area contributed by atoms with E-state index in [0.717, 1.165) is 21.4 Å². The Hall–Kier alpha value is -1.42. The molecule has 4 heteroatoms. The van der Waals surface area contributed by atoms with E-state index >= 15 is 0 Å². The van der Waals surface area contributed by atoms with Crippen LogP contribution in [0.15, 0.2) is 41.3 Å². The number of nitrogens with one attached hydrogen (secondary N) is 1. The van der Waals surface area contributed by atoms with Gasteiger partial charge in [0.2, 0.25) is 0 Å². The van der Waals surface area contributed by atoms with Gasteiger partial charge in [-0.2, -0.15) is 0 Å². The second-order valence-corrected chi connectivity index (χ2v) is 5.04. The van der Waals surface area contributed by atoms with Crippen LogP contribution in [-0.2, 0) is 0 Å². The van der Waals surface area contributed by atoms with Crippen LogP contribution in [-0.4, -0.2) is 16.0 Å². The number of benzene rings is 1. The summed E-state index contributed by atoms with van der Waals surface area (Å²) in [6, 6.07) is 8.72. The van der Waals surface area contributed by atoms with E-state index < -0.39 is 0 Å². The zero-order chi connectivity index (χ0) is 11.7. The predicted octanol–water partition coefficient (Wildman–Crippen LogP) is 3.48. The van der Waals surface area contributed by atoms with Crippen LogP contribution in [0.5, 0.6) is 0 Å². The third-order valence-electron chi connectivity index (χ3n) is 2.79. The molecule has 0 saturated heterocycles. The van der Waals surface area contributed by atoms with Crippen LogP contribution in [0.3, 0.4) is 0 Å². The van der Waals surface area contributed by atoms with Gasteiger partial charge in [-0.25, -0.2) is 9.97 Å². The number of aromatic nitrogens is 2. The summed E-state index contributed by atoms with van der Waals surface area (Å²) in [7, 11) is 0. The molecule has 1 fully saturated rings. The molecular weight excluding hydrogens is 278 g/mol. The molecule has 3 rings (SSSR count). The normalized spacial score (nSPS) is 14.6. The lowest BCUT2D eigenvalue weighted by molar-refractivity contribution is 1.08. The van der Waals surface area contributed by atoms with Crippen molar-refractivity contribution in [2.75, 3.05) is 5.32 Å². The van der Waals surface area contributed by atoms with E-state index in [1.54, 1.807) is 6.33 Å². The molecule has 0 radical (unpaired) electrons. The van der Waals surface area contributed by atoms with Gasteiger partial charge in [0.15, 0.2) is 0 Å². The molecule has 1 aliphatic rings. The van der Waals surface area contributed by atoms with Crippen LogP contribution in [0.4, 0.5) is 5.82 Å². The highest BCUT2D eigenvalue weighted by Crippen LogP contribution is 2.34. The minimum atomic E-state index is 0.589. The molecular formula is C13H12BrN3. The van der Waals surface area contributed by atoms with Crippen molar-refractivity contribution < 1.29 is 0 Å². The summed E-state index contributed by atoms with van der Waals surface area (Å²) < 4.78 is 1.06. The quantitative estimate of drug-likeness (QED) is 0.940. The second kappa shape index (κ2) is 4.45. The van der Waals surface area contributed by atoms with Gasteiger partial charge in [0, 0.05) is 27.8 Å². The molecule has 17 heavy (non-hydrogen) atoms. The molecule has 1 heterocycles. The lowest BCUT2D eigenvalue weighted by Crippen LogP contribution is -2.05. The molecule has 1 saturated carbocycles. The van der Waals surface area contributed by atoms with Gasteiger partial charge in [0.25, 0.3) is 0 Å². The van der Waals surface area contributed by atoms with Gasteiger partial charge in [-0.3, -0.25) is 0 Å². The smallest absolute Gasteiger partial charge is 0.137 e. The van der Waals surface area contributed by atoms with Crippen molar-refractivity contribution in [1.29, 1.82) is 0 Å². The van der Waals surface area contributed by atoms with Crippen molar-refractivity contribution in [3.05, 3.63) is 41.3 Å². The Balaban J connectivity index is 2.04. The summed E-state index contributed by atoms with van der Waals surface area (Å²) in [5, 5.41) is 3.44. The van der Waals surface area contributed by atoms with Crippen molar-refractivity contribution in [1.82, 2.24) is 9.97 Å². The minimum Gasteiger partial charge on any atom is -0.367 e. The van der Waals surface area contributed by atoms with E-state index in [4.69, 9.17) is 0 Å². The van der Waals surface area contributed by atoms with Crippen LogP contribution < -0.4 is 5.32 Å². The maximum atomic E-state index is 4.33. The SMILES string of the molecule is Brc1ccccc1-c1cncnc1NC1CC1. The summed E-state index contributed by atoms with van der Waals surface area (Å²) in [6.45, 7) is 0. The highest BCUT2D eigenvalue weighted by Gasteiger charge is 2.23. The maximum absolute atomic E-state index is 4.33. The van der Waals surface area contributed by atoms with Crippen molar-refractivity contribution in [3.63, 3.8) is 0 Å². The first kappa shape index (κ1) is 10.7. The molecule has 1 aromatic carbocycles. The Kier molecular flexibility index (Phi) is 2.81. The van der Waals surface area contributed by atoms with Crippen molar-refractivity contribution in [2.45, 2.75) is 18.9 Å². The molecule has 86 valence electrons. The standard InChI is InChI=1S/C13H12BrN3/c14-12-4-2-1-3-10(12)11-7-15-8-16-13(11)17-9-5-6-9/h1-4,7-9H,5-6H2,(H,15,16,17). The molecule has 1 aromatic heterocycles. The van der Waals surface area contributed by atoms with Gasteiger partial charge in [-0.15, -0.1) is 0 Å². The Morgan fingerprint density at radius 3 is 2.76 bits per heavy atom. The highest BCUT2D eigenvalue weighted by atomic mass is 79.9. The number of anilines is 1. The van der Waals surface area contributed by atoms with Crippen molar-refractivity contribution >= 4 is 21.7 Å². The first-order valence-electron chi connectivity index (χ1n) is 5.66. The number of nitrogens with zero attached hydrogens (tertiary/aromatic N) is 2. The summed E-state index contributed by atoms with van der Waals surface area (Å²) >= 11 is 3.57. The molecule has 0 aliphatic heterocycles. The summed E-state index contributed by atoms with van der Waals surface area (Å²) in [4.78, 5) is 8.45. The molecule has 0 unspecified atom stereocenters. The zero-order valence-corrected chi connectivity index (χ0v) is 10.8. The van der Waals surface area contributed by atoms with E-state index in [0.29, 0.717) is 6.04 Å². The van der Waals surface area contributed by atoms with Crippen molar-refractivity contribution in [3.8, 4) is 11.1 Å². The van der Waals surface area contributed by atoms with Gasteiger partial charge in [0.1, 0.15) is 12.1 Å². The predicted molar refractivity (Wildman–Crippen MR) is 71.8 cm³/mol. The molecule has 0 spiro atoms. The third kappa shape index (κ3) is 2.31. The average molecular weight is 290 g/mol. The number of hydrogen-bond donors (Lipinski definition) is 1. The Morgan fingerprint density at radius 1 is 1.18 bits per heavy atom. The number of hydrogen-bond acceptors (Lipinski definition) is 3. The monoisotopic (exact) mass is 289 g/mol. The third-order valence-corrected chi connectivity index (χ3v) is 3.49. The van der Waals surface area contributed by atoms with Crippen LogP contribution in [0.25, 0.3) is 11.1 Å². The Morgan fingerprint density at radius 2 is 2.00 bits per heavy atom. The van der Waals surface area contributed by atoms with Crippen LogP contribution in [0, 0.1) is 0 Å². The van der Waals surface area contributed by atoms with Gasteiger partial charge < -0.3 is 5.32 Å². The summed E-state index contributed by atoms with van der Waals surface area (Å²) in [6.07, 6.45) is 5.92. The largest absolute Gasteiger partial charge is 0.367 e. The van der Waals surface area contributed by atoms with E-state index in [2.05, 4.69) is 37.3 Å². The lowest BCUT2D eigenvalue weighted by atomic mass is 10.1. The first-order chi connectivity index (χ1) is 8.34. The molecule has 0 amide bonds. The van der Waals surface area contributed by atoms with E-state index in [9.17, 15) is 0 Å². The maximum Gasteiger partial charge on any atom is 0.137 e. The van der Waals surface area contributed by atoms with Gasteiger partial charge in [-0.05, 0) is 18.9 Å². The molecule has 3 nitrogen and oxygen atoms in total. The summed E-state index contributed by atoms with van der Waals surface area (Å²) in [5.74, 6) is 0.925. The molecule has 1 N–H and O–H groups in total. The fourth-order valence-corrected chi connectivity index (χ4v) is 2.24.